The number of carbonyl (C=O) groups excluding carboxylic acids is 2. The minimum atomic E-state index is -4.36. The van der Waals surface area contributed by atoms with Crippen LogP contribution in [0.2, 0.25) is 0 Å². The number of esters is 2. The number of unbranched alkanes of at least 4 members (excludes halogenated alkanes) is 20. The van der Waals surface area contributed by atoms with E-state index in [0.717, 1.165) is 32.1 Å². The molecule has 0 radical (unpaired) electrons. The number of phosphoric acid groups is 1. The van der Waals surface area contributed by atoms with Crippen molar-refractivity contribution in [2.45, 2.75) is 180 Å². The first-order chi connectivity index (χ1) is 23.5. The lowest BCUT2D eigenvalue weighted by atomic mass is 10.1. The molecule has 0 saturated carbocycles. The molecule has 0 bridgehead atoms. The number of allylic oxidation sites excluding steroid dienone is 2. The maximum absolute atomic E-state index is 12.6. The number of hydrogen-bond donors (Lipinski definition) is 1. The molecule has 2 atom stereocenters. The van der Waals surface area contributed by atoms with Crippen LogP contribution in [0.4, 0.5) is 0 Å². The van der Waals surface area contributed by atoms with E-state index in [2.05, 4.69) is 26.0 Å². The van der Waals surface area contributed by atoms with Crippen molar-refractivity contribution < 1.29 is 42.1 Å². The average molecular weight is 719 g/mol. The van der Waals surface area contributed by atoms with Crippen molar-refractivity contribution in [3.05, 3.63) is 12.2 Å². The number of phosphoric ester groups is 1. The van der Waals surface area contributed by atoms with Gasteiger partial charge in [0, 0.05) is 12.8 Å². The van der Waals surface area contributed by atoms with Crippen LogP contribution >= 0.6 is 7.82 Å². The third kappa shape index (κ3) is 36.3. The van der Waals surface area contributed by atoms with E-state index in [1.807, 2.05) is 21.1 Å². The fourth-order valence-corrected chi connectivity index (χ4v) is 6.10. The summed E-state index contributed by atoms with van der Waals surface area (Å²) in [6.45, 7) is 4.39. The topological polar surface area (TPSA) is 108 Å². The van der Waals surface area contributed by atoms with Crippen molar-refractivity contribution in [3.8, 4) is 0 Å². The summed E-state index contributed by atoms with van der Waals surface area (Å²) in [5.74, 6) is -0.801. The highest BCUT2D eigenvalue weighted by molar-refractivity contribution is 7.47. The highest BCUT2D eigenvalue weighted by Gasteiger charge is 2.27. The van der Waals surface area contributed by atoms with Gasteiger partial charge in [0.15, 0.2) is 6.10 Å². The van der Waals surface area contributed by atoms with E-state index in [1.165, 1.54) is 109 Å². The predicted octanol–water partition coefficient (Wildman–Crippen LogP) is 10.6. The fraction of sp³-hybridized carbons (Fsp3) is 0.897. The lowest BCUT2D eigenvalue weighted by molar-refractivity contribution is -0.870. The third-order valence-electron chi connectivity index (χ3n) is 8.55. The summed E-state index contributed by atoms with van der Waals surface area (Å²) >= 11 is 0. The smallest absolute Gasteiger partial charge is 0.462 e. The van der Waals surface area contributed by atoms with Gasteiger partial charge >= 0.3 is 19.8 Å². The van der Waals surface area contributed by atoms with Gasteiger partial charge in [-0.25, -0.2) is 4.57 Å². The van der Waals surface area contributed by atoms with E-state index < -0.39 is 26.5 Å². The number of rotatable bonds is 36. The lowest BCUT2D eigenvalue weighted by Gasteiger charge is -2.24. The van der Waals surface area contributed by atoms with Crippen LogP contribution in [0.15, 0.2) is 12.2 Å². The van der Waals surface area contributed by atoms with Gasteiger partial charge in [-0.3, -0.25) is 18.6 Å². The maximum Gasteiger partial charge on any atom is 0.472 e. The van der Waals surface area contributed by atoms with Crippen LogP contribution in [0.1, 0.15) is 174 Å². The second-order valence-corrected chi connectivity index (χ2v) is 16.1. The Bertz CT molecular complexity index is 860. The molecule has 49 heavy (non-hydrogen) atoms. The molecule has 290 valence electrons. The summed E-state index contributed by atoms with van der Waals surface area (Å²) in [5.41, 5.74) is 0. The van der Waals surface area contributed by atoms with E-state index >= 15 is 0 Å². The van der Waals surface area contributed by atoms with Gasteiger partial charge in [0.05, 0.1) is 27.7 Å². The Balaban J connectivity index is 4.38. The van der Waals surface area contributed by atoms with E-state index in [-0.39, 0.29) is 32.0 Å². The molecular weight excluding hydrogens is 641 g/mol. The van der Waals surface area contributed by atoms with Crippen LogP contribution in [0, 0.1) is 0 Å². The number of ether oxygens (including phenoxy) is 2. The fourth-order valence-electron chi connectivity index (χ4n) is 5.36. The molecule has 0 amide bonds. The van der Waals surface area contributed by atoms with Crippen molar-refractivity contribution in [2.75, 3.05) is 47.5 Å². The normalized spacial score (nSPS) is 13.8. The molecule has 0 aromatic carbocycles. The molecule has 0 spiro atoms. The van der Waals surface area contributed by atoms with Gasteiger partial charge in [0.25, 0.3) is 0 Å². The lowest BCUT2D eigenvalue weighted by Crippen LogP contribution is -2.37. The minimum absolute atomic E-state index is 0.0338. The summed E-state index contributed by atoms with van der Waals surface area (Å²) in [5, 5.41) is 0. The quantitative estimate of drug-likeness (QED) is 0.0224. The van der Waals surface area contributed by atoms with Crippen molar-refractivity contribution in [3.63, 3.8) is 0 Å². The second kappa shape index (κ2) is 32.6. The van der Waals surface area contributed by atoms with Gasteiger partial charge in [-0.2, -0.15) is 0 Å². The molecule has 0 heterocycles. The highest BCUT2D eigenvalue weighted by atomic mass is 31.2. The van der Waals surface area contributed by atoms with Crippen molar-refractivity contribution in [2.24, 2.45) is 0 Å². The van der Waals surface area contributed by atoms with Crippen LogP contribution in [0.5, 0.6) is 0 Å². The van der Waals surface area contributed by atoms with Gasteiger partial charge in [-0.05, 0) is 38.5 Å². The van der Waals surface area contributed by atoms with Gasteiger partial charge in [0.2, 0.25) is 0 Å². The summed E-state index contributed by atoms with van der Waals surface area (Å²) in [4.78, 5) is 35.1. The molecule has 0 aromatic rings. The molecule has 0 rings (SSSR count). The number of quaternary nitrogens is 1. The average Bonchev–Trinajstić information content (AvgIpc) is 3.04. The standard InChI is InChI=1S/C39H76NO8P/c1-6-8-10-12-14-16-18-19-20-21-22-24-25-27-29-31-38(41)45-35-37(36-47-49(43,44)46-34-33-40(3,4)5)48-39(42)32-30-28-26-23-17-15-13-11-9-7-2/h16,18,37H,6-15,17,19-36H2,1-5H3/p+1/b18-16+/t37-/m0/s1. The van der Waals surface area contributed by atoms with Gasteiger partial charge in [-0.15, -0.1) is 0 Å². The van der Waals surface area contributed by atoms with Crippen molar-refractivity contribution >= 4 is 19.8 Å². The van der Waals surface area contributed by atoms with Crippen LogP contribution in [0.25, 0.3) is 0 Å². The largest absolute Gasteiger partial charge is 0.472 e. The number of hydrogen-bond acceptors (Lipinski definition) is 7. The molecule has 10 heteroatoms. The molecule has 0 aliphatic carbocycles. The molecule has 0 aliphatic rings. The first-order valence-electron chi connectivity index (χ1n) is 19.9. The highest BCUT2D eigenvalue weighted by Crippen LogP contribution is 2.43. The van der Waals surface area contributed by atoms with E-state index in [1.54, 1.807) is 0 Å². The maximum atomic E-state index is 12.6. The second-order valence-electron chi connectivity index (χ2n) is 14.7. The monoisotopic (exact) mass is 719 g/mol. The zero-order chi connectivity index (χ0) is 36.5. The van der Waals surface area contributed by atoms with Gasteiger partial charge in [-0.1, -0.05) is 135 Å². The first kappa shape index (κ1) is 47.8. The molecule has 0 saturated heterocycles. The summed E-state index contributed by atoms with van der Waals surface area (Å²) in [7, 11) is 1.48. The van der Waals surface area contributed by atoms with Crippen LogP contribution < -0.4 is 0 Å². The molecule has 0 fully saturated rings. The van der Waals surface area contributed by atoms with Gasteiger partial charge in [0.1, 0.15) is 19.8 Å². The van der Waals surface area contributed by atoms with Crippen LogP contribution in [-0.4, -0.2) is 74.9 Å². The van der Waals surface area contributed by atoms with E-state index in [0.29, 0.717) is 17.4 Å². The molecular formula is C39H77NO8P+. The zero-order valence-electron chi connectivity index (χ0n) is 32.4. The summed E-state index contributed by atoms with van der Waals surface area (Å²) in [6, 6.07) is 0. The summed E-state index contributed by atoms with van der Waals surface area (Å²) < 4.78 is 34.1. The summed E-state index contributed by atoms with van der Waals surface area (Å²) in [6.07, 6.45) is 31.1. The Morgan fingerprint density at radius 1 is 0.612 bits per heavy atom. The SMILES string of the molecule is CCCCCC/C=C/CCCCCCCCCC(=O)OC[C@@H](COP(=O)(O)OCC[N+](C)(C)C)OC(=O)CCCCCCCCCCCC. The number of likely N-dealkylation sites (N-methyl/N-ethyl adjacent to an activating group) is 1. The first-order valence-corrected chi connectivity index (χ1v) is 21.4. The van der Waals surface area contributed by atoms with E-state index in [9.17, 15) is 19.0 Å². The van der Waals surface area contributed by atoms with Crippen molar-refractivity contribution in [1.82, 2.24) is 0 Å². The third-order valence-corrected chi connectivity index (χ3v) is 9.53. The Morgan fingerprint density at radius 2 is 1.04 bits per heavy atom. The van der Waals surface area contributed by atoms with Crippen LogP contribution in [0.3, 0.4) is 0 Å². The molecule has 9 nitrogen and oxygen atoms in total. The van der Waals surface area contributed by atoms with Crippen LogP contribution in [-0.2, 0) is 32.7 Å². The zero-order valence-corrected chi connectivity index (χ0v) is 33.3. The Hall–Kier alpha value is -1.25. The Labute approximate surface area is 301 Å². The molecule has 1 N–H and O–H groups in total. The molecule has 1 unspecified atom stereocenters. The Kier molecular flexibility index (Phi) is 31.8. The number of carbonyl (C=O) groups is 2. The molecule has 0 aromatic heterocycles. The Morgan fingerprint density at radius 3 is 1.53 bits per heavy atom. The predicted molar refractivity (Wildman–Crippen MR) is 201 cm³/mol. The molecule has 0 aliphatic heterocycles. The van der Waals surface area contributed by atoms with Gasteiger partial charge < -0.3 is 18.9 Å². The minimum Gasteiger partial charge on any atom is -0.462 e. The number of nitrogens with zero attached hydrogens (tertiary/aromatic N) is 1. The van der Waals surface area contributed by atoms with Crippen molar-refractivity contribution in [1.29, 1.82) is 0 Å². The van der Waals surface area contributed by atoms with E-state index in [4.69, 9.17) is 18.5 Å².